The zero-order chi connectivity index (χ0) is 19.4. The molecule has 0 aromatic heterocycles. The van der Waals surface area contributed by atoms with E-state index in [1.807, 2.05) is 54.6 Å². The third-order valence-electron chi connectivity index (χ3n) is 4.37. The molecular weight excluding hydrogens is 360 g/mol. The van der Waals surface area contributed by atoms with Gasteiger partial charge in [-0.15, -0.1) is 0 Å². The quantitative estimate of drug-likeness (QED) is 0.705. The molecule has 0 fully saturated rings. The van der Waals surface area contributed by atoms with E-state index in [-0.39, 0.29) is 6.54 Å². The van der Waals surface area contributed by atoms with E-state index in [0.717, 1.165) is 27.8 Å². The van der Waals surface area contributed by atoms with Gasteiger partial charge in [-0.05, 0) is 35.6 Å². The highest BCUT2D eigenvalue weighted by Gasteiger charge is 2.22. The SMILES string of the molecule is CCc1ccc(NC(=O)CN(c2cccc3ccccc23)S(C)(=O)=O)cc1. The largest absolute Gasteiger partial charge is 0.325 e. The summed E-state index contributed by atoms with van der Waals surface area (Å²) in [6.45, 7) is 1.77. The maximum Gasteiger partial charge on any atom is 0.245 e. The fourth-order valence-electron chi connectivity index (χ4n) is 2.96. The molecule has 0 aliphatic heterocycles. The molecule has 0 heterocycles. The van der Waals surface area contributed by atoms with Crippen molar-refractivity contribution in [2.24, 2.45) is 0 Å². The summed E-state index contributed by atoms with van der Waals surface area (Å²) < 4.78 is 25.9. The van der Waals surface area contributed by atoms with Crippen LogP contribution in [0.1, 0.15) is 12.5 Å². The van der Waals surface area contributed by atoms with Gasteiger partial charge in [-0.1, -0.05) is 55.5 Å². The van der Waals surface area contributed by atoms with E-state index in [1.54, 1.807) is 12.1 Å². The van der Waals surface area contributed by atoms with Crippen molar-refractivity contribution in [1.82, 2.24) is 0 Å². The molecule has 6 heteroatoms. The summed E-state index contributed by atoms with van der Waals surface area (Å²) in [6.07, 6.45) is 2.02. The van der Waals surface area contributed by atoms with Gasteiger partial charge in [0.25, 0.3) is 0 Å². The fraction of sp³-hybridized carbons (Fsp3) is 0.190. The minimum Gasteiger partial charge on any atom is -0.325 e. The standard InChI is InChI=1S/C21H22N2O3S/c1-3-16-11-13-18(14-12-16)22-21(24)15-23(27(2,25)26)20-10-6-8-17-7-4-5-9-19(17)20/h4-14H,3,15H2,1-2H3,(H,22,24). The Labute approximate surface area is 159 Å². The number of benzene rings is 3. The van der Waals surface area contributed by atoms with Gasteiger partial charge in [0, 0.05) is 11.1 Å². The molecule has 3 aromatic rings. The van der Waals surface area contributed by atoms with Crippen molar-refractivity contribution in [3.63, 3.8) is 0 Å². The molecule has 0 unspecified atom stereocenters. The van der Waals surface area contributed by atoms with Crippen LogP contribution in [0.5, 0.6) is 0 Å². The van der Waals surface area contributed by atoms with Crippen LogP contribution in [-0.2, 0) is 21.2 Å². The lowest BCUT2D eigenvalue weighted by Gasteiger charge is -2.23. The molecular formula is C21H22N2O3S. The number of rotatable bonds is 6. The van der Waals surface area contributed by atoms with Crippen LogP contribution in [0.2, 0.25) is 0 Å². The zero-order valence-electron chi connectivity index (χ0n) is 15.3. The lowest BCUT2D eigenvalue weighted by Crippen LogP contribution is -2.37. The predicted octanol–water partition coefficient (Wildman–Crippen LogP) is 3.81. The van der Waals surface area contributed by atoms with Gasteiger partial charge in [-0.25, -0.2) is 8.42 Å². The number of nitrogens with one attached hydrogen (secondary N) is 1. The monoisotopic (exact) mass is 382 g/mol. The first kappa shape index (κ1) is 18.9. The number of sulfonamides is 1. The Hall–Kier alpha value is -2.86. The molecule has 3 rings (SSSR count). The molecule has 3 aromatic carbocycles. The number of fused-ring (bicyclic) bond motifs is 1. The first-order valence-corrected chi connectivity index (χ1v) is 10.6. The molecule has 27 heavy (non-hydrogen) atoms. The lowest BCUT2D eigenvalue weighted by atomic mass is 10.1. The Morgan fingerprint density at radius 3 is 2.30 bits per heavy atom. The smallest absolute Gasteiger partial charge is 0.245 e. The van der Waals surface area contributed by atoms with Crippen LogP contribution in [0.4, 0.5) is 11.4 Å². The molecule has 1 amide bonds. The highest BCUT2D eigenvalue weighted by molar-refractivity contribution is 7.92. The van der Waals surface area contributed by atoms with Crippen LogP contribution in [0, 0.1) is 0 Å². The minimum absolute atomic E-state index is 0.289. The third kappa shape index (κ3) is 4.46. The molecule has 0 spiro atoms. The van der Waals surface area contributed by atoms with Crippen LogP contribution in [0.25, 0.3) is 10.8 Å². The van der Waals surface area contributed by atoms with Crippen molar-refractivity contribution in [3.05, 3.63) is 72.3 Å². The Bertz CT molecular complexity index is 1050. The Kier molecular flexibility index (Phi) is 5.46. The molecule has 0 saturated carbocycles. The number of anilines is 2. The van der Waals surface area contributed by atoms with Gasteiger partial charge in [0.2, 0.25) is 15.9 Å². The van der Waals surface area contributed by atoms with Crippen LogP contribution in [0.15, 0.2) is 66.7 Å². The molecule has 0 radical (unpaired) electrons. The lowest BCUT2D eigenvalue weighted by molar-refractivity contribution is -0.114. The van der Waals surface area contributed by atoms with Gasteiger partial charge in [0.1, 0.15) is 6.54 Å². The zero-order valence-corrected chi connectivity index (χ0v) is 16.2. The summed E-state index contributed by atoms with van der Waals surface area (Å²) in [5, 5.41) is 4.47. The van der Waals surface area contributed by atoms with Crippen molar-refractivity contribution in [2.45, 2.75) is 13.3 Å². The summed E-state index contributed by atoms with van der Waals surface area (Å²) in [4.78, 5) is 12.5. The van der Waals surface area contributed by atoms with Crippen molar-refractivity contribution in [2.75, 3.05) is 22.4 Å². The molecule has 0 bridgehead atoms. The molecule has 0 atom stereocenters. The maximum absolute atomic E-state index is 12.5. The number of hydrogen-bond acceptors (Lipinski definition) is 3. The van der Waals surface area contributed by atoms with Gasteiger partial charge < -0.3 is 5.32 Å². The summed E-state index contributed by atoms with van der Waals surface area (Å²) in [5.74, 6) is -0.391. The number of amides is 1. The highest BCUT2D eigenvalue weighted by Crippen LogP contribution is 2.28. The van der Waals surface area contributed by atoms with Crippen molar-refractivity contribution >= 4 is 38.1 Å². The van der Waals surface area contributed by atoms with Crippen LogP contribution >= 0.6 is 0 Å². The van der Waals surface area contributed by atoms with Crippen LogP contribution < -0.4 is 9.62 Å². The summed E-state index contributed by atoms with van der Waals surface area (Å²) in [7, 11) is -3.63. The fourth-order valence-corrected chi connectivity index (χ4v) is 3.83. The summed E-state index contributed by atoms with van der Waals surface area (Å²) in [6, 6.07) is 20.4. The predicted molar refractivity (Wildman–Crippen MR) is 111 cm³/mol. The summed E-state index contributed by atoms with van der Waals surface area (Å²) in [5.41, 5.74) is 2.30. The first-order valence-electron chi connectivity index (χ1n) is 8.73. The van der Waals surface area contributed by atoms with Crippen LogP contribution in [-0.4, -0.2) is 27.1 Å². The van der Waals surface area contributed by atoms with Crippen molar-refractivity contribution in [1.29, 1.82) is 0 Å². The van der Waals surface area contributed by atoms with Gasteiger partial charge >= 0.3 is 0 Å². The van der Waals surface area contributed by atoms with E-state index in [1.165, 1.54) is 5.56 Å². The van der Waals surface area contributed by atoms with Gasteiger partial charge in [-0.2, -0.15) is 0 Å². The second-order valence-electron chi connectivity index (χ2n) is 6.37. The molecule has 1 N–H and O–H groups in total. The third-order valence-corrected chi connectivity index (χ3v) is 5.50. The molecule has 5 nitrogen and oxygen atoms in total. The van der Waals surface area contributed by atoms with Crippen LogP contribution in [0.3, 0.4) is 0 Å². The molecule has 0 aliphatic rings. The van der Waals surface area contributed by atoms with E-state index in [2.05, 4.69) is 12.2 Å². The van der Waals surface area contributed by atoms with Crippen molar-refractivity contribution < 1.29 is 13.2 Å². The van der Waals surface area contributed by atoms with E-state index in [0.29, 0.717) is 11.4 Å². The second-order valence-corrected chi connectivity index (χ2v) is 8.27. The summed E-state index contributed by atoms with van der Waals surface area (Å²) >= 11 is 0. The number of carbonyl (C=O) groups excluding carboxylic acids is 1. The molecule has 140 valence electrons. The average molecular weight is 382 g/mol. The van der Waals surface area contributed by atoms with Crippen molar-refractivity contribution in [3.8, 4) is 0 Å². The Balaban J connectivity index is 1.88. The van der Waals surface area contributed by atoms with Gasteiger partial charge in [0.05, 0.1) is 11.9 Å². The second kappa shape index (κ2) is 7.80. The Morgan fingerprint density at radius 1 is 0.963 bits per heavy atom. The van der Waals surface area contributed by atoms with E-state index < -0.39 is 15.9 Å². The van der Waals surface area contributed by atoms with E-state index in [9.17, 15) is 13.2 Å². The number of aryl methyl sites for hydroxylation is 1. The first-order chi connectivity index (χ1) is 12.9. The molecule has 0 saturated heterocycles. The molecule has 0 aliphatic carbocycles. The van der Waals surface area contributed by atoms with E-state index >= 15 is 0 Å². The topological polar surface area (TPSA) is 66.5 Å². The number of nitrogens with zero attached hydrogens (tertiary/aromatic N) is 1. The van der Waals surface area contributed by atoms with E-state index in [4.69, 9.17) is 0 Å². The number of hydrogen-bond donors (Lipinski definition) is 1. The number of carbonyl (C=O) groups is 1. The maximum atomic E-state index is 12.5. The minimum atomic E-state index is -3.63. The average Bonchev–Trinajstić information content (AvgIpc) is 2.65. The Morgan fingerprint density at radius 2 is 1.63 bits per heavy atom. The van der Waals surface area contributed by atoms with Gasteiger partial charge in [0.15, 0.2) is 0 Å². The normalized spacial score (nSPS) is 11.3. The van der Waals surface area contributed by atoms with Gasteiger partial charge in [-0.3, -0.25) is 9.10 Å². The highest BCUT2D eigenvalue weighted by atomic mass is 32.2.